The van der Waals surface area contributed by atoms with Gasteiger partial charge in [0, 0.05) is 5.92 Å². The molecule has 72 valence electrons. The molecule has 2 rings (SSSR count). The summed E-state index contributed by atoms with van der Waals surface area (Å²) in [6.07, 6.45) is 2.89. The number of carbonyl (C=O) groups is 2. The van der Waals surface area contributed by atoms with Gasteiger partial charge in [-0.3, -0.25) is 9.59 Å². The summed E-state index contributed by atoms with van der Waals surface area (Å²) < 4.78 is 0. The van der Waals surface area contributed by atoms with E-state index in [9.17, 15) is 9.59 Å². The van der Waals surface area contributed by atoms with Gasteiger partial charge in [-0.05, 0) is 31.1 Å². The van der Waals surface area contributed by atoms with Gasteiger partial charge in [0.25, 0.3) is 0 Å². The summed E-state index contributed by atoms with van der Waals surface area (Å²) in [6, 6.07) is 0. The van der Waals surface area contributed by atoms with E-state index >= 15 is 0 Å². The SMILES string of the molecule is O=C(S)[C@@H]1[C@@H]2CC[C@@H](C2)[C@@H]1C(=O)O. The molecular weight excluding hydrogens is 188 g/mol. The second-order valence-corrected chi connectivity index (χ2v) is 4.50. The van der Waals surface area contributed by atoms with Crippen LogP contribution in [0.25, 0.3) is 0 Å². The van der Waals surface area contributed by atoms with Crippen molar-refractivity contribution >= 4 is 23.7 Å². The van der Waals surface area contributed by atoms with Gasteiger partial charge in [-0.15, -0.1) is 12.6 Å². The molecule has 0 saturated heterocycles. The monoisotopic (exact) mass is 200 g/mol. The number of hydrogen-bond acceptors (Lipinski definition) is 2. The van der Waals surface area contributed by atoms with Gasteiger partial charge < -0.3 is 5.11 Å². The Balaban J connectivity index is 2.24. The van der Waals surface area contributed by atoms with E-state index in [0.717, 1.165) is 19.3 Å². The molecule has 0 aromatic rings. The summed E-state index contributed by atoms with van der Waals surface area (Å²) in [5.74, 6) is -1.08. The fourth-order valence-corrected chi connectivity index (χ4v) is 3.37. The predicted molar refractivity (Wildman–Crippen MR) is 49.4 cm³/mol. The standard InChI is InChI=1S/C9H12O3S/c10-8(11)6-4-1-2-5(3-4)7(6)9(12)13/h4-7H,1-3H2,(H,10,11)(H,12,13)/t4-,5+,6-,7+/m0/s1. The van der Waals surface area contributed by atoms with Crippen molar-refractivity contribution in [1.29, 1.82) is 0 Å². The van der Waals surface area contributed by atoms with E-state index in [4.69, 9.17) is 5.11 Å². The van der Waals surface area contributed by atoms with Crippen LogP contribution in [0, 0.1) is 23.7 Å². The predicted octanol–water partition coefficient (Wildman–Crippen LogP) is 1.19. The maximum Gasteiger partial charge on any atom is 0.307 e. The van der Waals surface area contributed by atoms with Crippen LogP contribution in [0.3, 0.4) is 0 Å². The van der Waals surface area contributed by atoms with Gasteiger partial charge in [-0.2, -0.15) is 0 Å². The highest BCUT2D eigenvalue weighted by Gasteiger charge is 2.53. The molecule has 0 aromatic carbocycles. The Bertz CT molecular complexity index is 238. The van der Waals surface area contributed by atoms with E-state index in [1.165, 1.54) is 0 Å². The van der Waals surface area contributed by atoms with E-state index in [2.05, 4.69) is 12.6 Å². The Kier molecular flexibility index (Phi) is 2.10. The van der Waals surface area contributed by atoms with Crippen molar-refractivity contribution in [3.63, 3.8) is 0 Å². The lowest BCUT2D eigenvalue weighted by Crippen LogP contribution is -2.32. The number of carboxylic acid groups (broad SMARTS) is 1. The maximum atomic E-state index is 11.2. The molecule has 2 bridgehead atoms. The van der Waals surface area contributed by atoms with Gasteiger partial charge in [-0.1, -0.05) is 0 Å². The lowest BCUT2D eigenvalue weighted by atomic mass is 9.80. The van der Waals surface area contributed by atoms with Crippen molar-refractivity contribution in [1.82, 2.24) is 0 Å². The van der Waals surface area contributed by atoms with Crippen LogP contribution in [0.1, 0.15) is 19.3 Å². The first kappa shape index (κ1) is 9.06. The van der Waals surface area contributed by atoms with Crippen molar-refractivity contribution in [2.45, 2.75) is 19.3 Å². The number of rotatable bonds is 2. The summed E-state index contributed by atoms with van der Waals surface area (Å²) in [5.41, 5.74) is 0. The Hall–Kier alpha value is -0.510. The highest BCUT2D eigenvalue weighted by atomic mass is 32.1. The van der Waals surface area contributed by atoms with Crippen LogP contribution in [0.4, 0.5) is 0 Å². The molecule has 4 heteroatoms. The number of carboxylic acids is 1. The molecule has 13 heavy (non-hydrogen) atoms. The Morgan fingerprint density at radius 3 is 2.08 bits per heavy atom. The van der Waals surface area contributed by atoms with E-state index in [1.54, 1.807) is 0 Å². The minimum Gasteiger partial charge on any atom is -0.481 e. The molecule has 0 aliphatic heterocycles. The first-order valence-electron chi connectivity index (χ1n) is 4.57. The Morgan fingerprint density at radius 1 is 1.15 bits per heavy atom. The molecule has 0 aromatic heterocycles. The fraction of sp³-hybridized carbons (Fsp3) is 0.778. The van der Waals surface area contributed by atoms with E-state index < -0.39 is 11.9 Å². The van der Waals surface area contributed by atoms with Gasteiger partial charge in [0.2, 0.25) is 0 Å². The smallest absolute Gasteiger partial charge is 0.307 e. The number of carbonyl (C=O) groups excluding carboxylic acids is 1. The number of thiol groups is 1. The summed E-state index contributed by atoms with van der Waals surface area (Å²) in [6.45, 7) is 0. The normalized spacial score (nSPS) is 42.2. The third-order valence-corrected chi connectivity index (χ3v) is 3.78. The zero-order valence-corrected chi connectivity index (χ0v) is 8.04. The quantitative estimate of drug-likeness (QED) is 0.658. The van der Waals surface area contributed by atoms with Crippen LogP contribution in [-0.4, -0.2) is 16.2 Å². The van der Waals surface area contributed by atoms with Gasteiger partial charge in [-0.25, -0.2) is 0 Å². The van der Waals surface area contributed by atoms with E-state index in [0.29, 0.717) is 0 Å². The molecule has 3 nitrogen and oxygen atoms in total. The van der Waals surface area contributed by atoms with Crippen LogP contribution in [0.2, 0.25) is 0 Å². The molecule has 4 atom stereocenters. The third-order valence-electron chi connectivity index (χ3n) is 3.49. The average molecular weight is 200 g/mol. The zero-order chi connectivity index (χ0) is 9.59. The largest absolute Gasteiger partial charge is 0.481 e. The van der Waals surface area contributed by atoms with E-state index in [1.807, 2.05) is 0 Å². The topological polar surface area (TPSA) is 54.4 Å². The third kappa shape index (κ3) is 1.27. The number of hydrogen-bond donors (Lipinski definition) is 2. The molecule has 1 N–H and O–H groups in total. The summed E-state index contributed by atoms with van der Waals surface area (Å²) >= 11 is 3.78. The highest BCUT2D eigenvalue weighted by molar-refractivity contribution is 7.96. The van der Waals surface area contributed by atoms with Crippen molar-refractivity contribution in [2.24, 2.45) is 23.7 Å². The minimum atomic E-state index is -0.820. The Labute approximate surface area is 81.9 Å². The van der Waals surface area contributed by atoms with Gasteiger partial charge in [0.1, 0.15) is 0 Å². The summed E-state index contributed by atoms with van der Waals surface area (Å²) in [5, 5.41) is 8.73. The lowest BCUT2D eigenvalue weighted by molar-refractivity contribution is -0.147. The zero-order valence-electron chi connectivity index (χ0n) is 7.14. The molecule has 0 radical (unpaired) electrons. The molecule has 0 unspecified atom stereocenters. The fourth-order valence-electron chi connectivity index (χ4n) is 3.00. The van der Waals surface area contributed by atoms with Crippen LogP contribution in [-0.2, 0) is 9.59 Å². The van der Waals surface area contributed by atoms with Crippen LogP contribution < -0.4 is 0 Å². The first-order valence-corrected chi connectivity index (χ1v) is 5.01. The van der Waals surface area contributed by atoms with Crippen molar-refractivity contribution in [3.8, 4) is 0 Å². The molecule has 2 fully saturated rings. The number of fused-ring (bicyclic) bond motifs is 2. The van der Waals surface area contributed by atoms with Crippen LogP contribution in [0.5, 0.6) is 0 Å². The average Bonchev–Trinajstić information content (AvgIpc) is 2.60. The van der Waals surface area contributed by atoms with Crippen LogP contribution >= 0.6 is 12.6 Å². The number of aliphatic carboxylic acids is 1. The van der Waals surface area contributed by atoms with Crippen molar-refractivity contribution in [3.05, 3.63) is 0 Å². The molecule has 0 heterocycles. The van der Waals surface area contributed by atoms with Crippen molar-refractivity contribution < 1.29 is 14.7 Å². The molecule has 0 spiro atoms. The molecule has 2 saturated carbocycles. The molecule has 2 aliphatic carbocycles. The van der Waals surface area contributed by atoms with E-state index in [-0.39, 0.29) is 22.9 Å². The maximum absolute atomic E-state index is 11.2. The Morgan fingerprint density at radius 2 is 1.69 bits per heavy atom. The van der Waals surface area contributed by atoms with Crippen LogP contribution in [0.15, 0.2) is 0 Å². The summed E-state index contributed by atoms with van der Waals surface area (Å²) in [4.78, 5) is 22.1. The summed E-state index contributed by atoms with van der Waals surface area (Å²) in [7, 11) is 0. The van der Waals surface area contributed by atoms with Crippen molar-refractivity contribution in [2.75, 3.05) is 0 Å². The lowest BCUT2D eigenvalue weighted by Gasteiger charge is -2.24. The van der Waals surface area contributed by atoms with Gasteiger partial charge in [0.15, 0.2) is 5.12 Å². The second-order valence-electron chi connectivity index (χ2n) is 4.06. The highest BCUT2D eigenvalue weighted by Crippen LogP contribution is 2.52. The first-order chi connectivity index (χ1) is 6.11. The molecular formula is C9H12O3S. The molecule has 0 amide bonds. The van der Waals surface area contributed by atoms with Gasteiger partial charge in [0.05, 0.1) is 5.92 Å². The molecule has 2 aliphatic rings. The minimum absolute atomic E-state index is 0.226. The second kappa shape index (κ2) is 3.01. The van der Waals surface area contributed by atoms with Gasteiger partial charge >= 0.3 is 5.97 Å².